The van der Waals surface area contributed by atoms with Gasteiger partial charge in [-0.3, -0.25) is 0 Å². The number of aryl methyl sites for hydroxylation is 2. The zero-order valence-electron chi connectivity index (χ0n) is 14.2. The Morgan fingerprint density at radius 1 is 1.00 bits per heavy atom. The highest BCUT2D eigenvalue weighted by molar-refractivity contribution is 7.98. The number of nitrogens with zero attached hydrogens (tertiary/aromatic N) is 3. The van der Waals surface area contributed by atoms with E-state index in [1.165, 1.54) is 16.7 Å². The van der Waals surface area contributed by atoms with E-state index in [0.29, 0.717) is 6.61 Å². The van der Waals surface area contributed by atoms with E-state index in [-0.39, 0.29) is 0 Å². The lowest BCUT2D eigenvalue weighted by atomic mass is 10.1. The molecule has 0 N–H and O–H groups in total. The average Bonchev–Trinajstić information content (AvgIpc) is 2.94. The molecule has 0 atom stereocenters. The number of hydrogen-bond donors (Lipinski definition) is 0. The minimum Gasteiger partial charge on any atom is -0.486 e. The van der Waals surface area contributed by atoms with E-state index in [1.807, 2.05) is 35.9 Å². The van der Waals surface area contributed by atoms with Gasteiger partial charge in [-0.15, -0.1) is 10.2 Å². The van der Waals surface area contributed by atoms with Crippen LogP contribution in [0.5, 0.6) is 5.75 Å². The Bertz CT molecular complexity index is 812. The van der Waals surface area contributed by atoms with Crippen LogP contribution in [0.1, 0.15) is 22.5 Å². The summed E-state index contributed by atoms with van der Waals surface area (Å²) in [5, 5.41) is 9.44. The van der Waals surface area contributed by atoms with Gasteiger partial charge < -0.3 is 9.30 Å². The van der Waals surface area contributed by atoms with E-state index in [0.717, 1.165) is 22.5 Å². The molecule has 2 aromatic carbocycles. The fourth-order valence-corrected chi connectivity index (χ4v) is 3.30. The van der Waals surface area contributed by atoms with Crippen LogP contribution in [-0.2, 0) is 19.4 Å². The topological polar surface area (TPSA) is 39.9 Å². The maximum Gasteiger partial charge on any atom is 0.191 e. The lowest BCUT2D eigenvalue weighted by Crippen LogP contribution is -2.04. The fraction of sp³-hybridized carbons (Fsp3) is 0.263. The Labute approximate surface area is 146 Å². The van der Waals surface area contributed by atoms with Gasteiger partial charge in [0.05, 0.1) is 0 Å². The highest BCUT2D eigenvalue weighted by Crippen LogP contribution is 2.23. The second kappa shape index (κ2) is 7.53. The SMILES string of the molecule is Cc1ccc(OCc2nnc(SCc3ccccc3C)n2C)cc1. The van der Waals surface area contributed by atoms with Crippen molar-refractivity contribution in [1.29, 1.82) is 0 Å². The number of rotatable bonds is 6. The van der Waals surface area contributed by atoms with Crippen LogP contribution in [0.15, 0.2) is 53.7 Å². The summed E-state index contributed by atoms with van der Waals surface area (Å²) in [6.45, 7) is 4.61. The smallest absolute Gasteiger partial charge is 0.191 e. The van der Waals surface area contributed by atoms with Crippen LogP contribution in [0.4, 0.5) is 0 Å². The first-order valence-electron chi connectivity index (χ1n) is 7.88. The molecule has 0 unspecified atom stereocenters. The van der Waals surface area contributed by atoms with Crippen molar-refractivity contribution in [3.8, 4) is 5.75 Å². The van der Waals surface area contributed by atoms with Gasteiger partial charge in [-0.05, 0) is 37.1 Å². The summed E-state index contributed by atoms with van der Waals surface area (Å²) >= 11 is 1.69. The Balaban J connectivity index is 1.61. The van der Waals surface area contributed by atoms with Crippen LogP contribution in [0.25, 0.3) is 0 Å². The molecule has 0 bridgehead atoms. The molecule has 3 aromatic rings. The third-order valence-electron chi connectivity index (χ3n) is 3.93. The average molecular weight is 339 g/mol. The van der Waals surface area contributed by atoms with E-state index in [1.54, 1.807) is 11.8 Å². The maximum atomic E-state index is 5.79. The van der Waals surface area contributed by atoms with Crippen LogP contribution in [0, 0.1) is 13.8 Å². The Morgan fingerprint density at radius 2 is 1.75 bits per heavy atom. The lowest BCUT2D eigenvalue weighted by molar-refractivity contribution is 0.290. The van der Waals surface area contributed by atoms with Crippen molar-refractivity contribution in [2.24, 2.45) is 7.05 Å². The van der Waals surface area contributed by atoms with E-state index < -0.39 is 0 Å². The summed E-state index contributed by atoms with van der Waals surface area (Å²) in [6.07, 6.45) is 0. The number of aromatic nitrogens is 3. The summed E-state index contributed by atoms with van der Waals surface area (Å²) in [7, 11) is 1.98. The number of thioether (sulfide) groups is 1. The Morgan fingerprint density at radius 3 is 2.50 bits per heavy atom. The molecular weight excluding hydrogens is 318 g/mol. The van der Waals surface area contributed by atoms with Crippen molar-refractivity contribution < 1.29 is 4.74 Å². The third kappa shape index (κ3) is 3.97. The summed E-state index contributed by atoms with van der Waals surface area (Å²) < 4.78 is 7.79. The Kier molecular flexibility index (Phi) is 5.20. The molecule has 3 rings (SSSR count). The van der Waals surface area contributed by atoms with Crippen molar-refractivity contribution in [2.75, 3.05) is 0 Å². The second-order valence-electron chi connectivity index (χ2n) is 5.77. The van der Waals surface area contributed by atoms with Crippen molar-refractivity contribution in [2.45, 2.75) is 31.4 Å². The first-order chi connectivity index (χ1) is 11.6. The Hall–Kier alpha value is -2.27. The van der Waals surface area contributed by atoms with E-state index in [4.69, 9.17) is 4.74 Å². The molecule has 0 amide bonds. The fourth-order valence-electron chi connectivity index (χ4n) is 2.29. The first kappa shape index (κ1) is 16.6. The molecule has 0 aliphatic carbocycles. The summed E-state index contributed by atoms with van der Waals surface area (Å²) in [4.78, 5) is 0. The van der Waals surface area contributed by atoms with Gasteiger partial charge in [0.1, 0.15) is 12.4 Å². The van der Waals surface area contributed by atoms with Crippen molar-refractivity contribution in [3.63, 3.8) is 0 Å². The number of hydrogen-bond acceptors (Lipinski definition) is 4. The standard InChI is InChI=1S/C19H21N3OS/c1-14-8-10-17(11-9-14)23-12-18-20-21-19(22(18)3)24-13-16-7-5-4-6-15(16)2/h4-11H,12-13H2,1-3H3. The predicted octanol–water partition coefficient (Wildman–Crippen LogP) is 4.30. The van der Waals surface area contributed by atoms with Gasteiger partial charge >= 0.3 is 0 Å². The van der Waals surface area contributed by atoms with Crippen LogP contribution in [-0.4, -0.2) is 14.8 Å². The molecule has 4 nitrogen and oxygen atoms in total. The van der Waals surface area contributed by atoms with E-state index >= 15 is 0 Å². The minimum absolute atomic E-state index is 0.414. The van der Waals surface area contributed by atoms with Gasteiger partial charge in [0, 0.05) is 12.8 Å². The quantitative estimate of drug-likeness (QED) is 0.628. The number of ether oxygens (including phenoxy) is 1. The van der Waals surface area contributed by atoms with Crippen molar-refractivity contribution in [3.05, 3.63) is 71.0 Å². The van der Waals surface area contributed by atoms with Crippen LogP contribution in [0.3, 0.4) is 0 Å². The molecule has 5 heteroatoms. The predicted molar refractivity (Wildman–Crippen MR) is 97.3 cm³/mol. The molecule has 1 aromatic heterocycles. The normalized spacial score (nSPS) is 10.8. The molecule has 0 aliphatic heterocycles. The lowest BCUT2D eigenvalue weighted by Gasteiger charge is -2.07. The van der Waals surface area contributed by atoms with Gasteiger partial charge in [0.25, 0.3) is 0 Å². The third-order valence-corrected chi connectivity index (χ3v) is 5.00. The largest absolute Gasteiger partial charge is 0.486 e. The highest BCUT2D eigenvalue weighted by Gasteiger charge is 2.10. The zero-order valence-corrected chi connectivity index (χ0v) is 15.0. The summed E-state index contributed by atoms with van der Waals surface area (Å²) in [5.74, 6) is 2.55. The minimum atomic E-state index is 0.414. The molecule has 24 heavy (non-hydrogen) atoms. The molecule has 124 valence electrons. The maximum absolute atomic E-state index is 5.79. The van der Waals surface area contributed by atoms with Gasteiger partial charge in [0.2, 0.25) is 0 Å². The van der Waals surface area contributed by atoms with Crippen molar-refractivity contribution >= 4 is 11.8 Å². The molecule has 0 saturated heterocycles. The summed E-state index contributed by atoms with van der Waals surface area (Å²) in [6, 6.07) is 16.4. The molecule has 0 radical (unpaired) electrons. The monoisotopic (exact) mass is 339 g/mol. The zero-order chi connectivity index (χ0) is 16.9. The highest BCUT2D eigenvalue weighted by atomic mass is 32.2. The van der Waals surface area contributed by atoms with Crippen molar-refractivity contribution in [1.82, 2.24) is 14.8 Å². The first-order valence-corrected chi connectivity index (χ1v) is 8.87. The second-order valence-corrected chi connectivity index (χ2v) is 6.72. The van der Waals surface area contributed by atoms with Crippen LogP contribution >= 0.6 is 11.8 Å². The van der Waals surface area contributed by atoms with Gasteiger partial charge in [-0.1, -0.05) is 53.7 Å². The molecular formula is C19H21N3OS. The molecule has 0 aliphatic rings. The van der Waals surface area contributed by atoms with E-state index in [2.05, 4.69) is 48.3 Å². The van der Waals surface area contributed by atoms with Gasteiger partial charge in [-0.25, -0.2) is 0 Å². The van der Waals surface area contributed by atoms with Gasteiger partial charge in [-0.2, -0.15) is 0 Å². The van der Waals surface area contributed by atoms with Crippen LogP contribution in [0.2, 0.25) is 0 Å². The molecule has 0 saturated carbocycles. The number of benzene rings is 2. The molecule has 0 fully saturated rings. The van der Waals surface area contributed by atoms with E-state index in [9.17, 15) is 0 Å². The molecule has 0 spiro atoms. The van der Waals surface area contributed by atoms with Gasteiger partial charge in [0.15, 0.2) is 11.0 Å². The summed E-state index contributed by atoms with van der Waals surface area (Å²) in [5.41, 5.74) is 3.84. The molecule has 1 heterocycles. The van der Waals surface area contributed by atoms with Crippen LogP contribution < -0.4 is 4.74 Å².